The number of carbonyl (C=O) groups is 2. The lowest BCUT2D eigenvalue weighted by Crippen LogP contribution is -2.36. The van der Waals surface area contributed by atoms with Gasteiger partial charge in [0.15, 0.2) is 5.76 Å². The fourth-order valence-corrected chi connectivity index (χ4v) is 4.11. The second-order valence-electron chi connectivity index (χ2n) is 7.96. The van der Waals surface area contributed by atoms with Crippen LogP contribution in [0.1, 0.15) is 41.3 Å². The SMILES string of the molecule is CCOC(=O)C1CCN(Cc2c(O)ccc3c2O/C(=C/c2ccc(OC)cc2)C3=O)CC1. The Bertz CT molecular complexity index is 1040. The molecule has 0 saturated carbocycles. The molecule has 0 atom stereocenters. The van der Waals surface area contributed by atoms with Crippen LogP contribution >= 0.6 is 0 Å². The minimum Gasteiger partial charge on any atom is -0.507 e. The van der Waals surface area contributed by atoms with E-state index in [2.05, 4.69) is 4.90 Å². The van der Waals surface area contributed by atoms with Crippen LogP contribution in [0.15, 0.2) is 42.2 Å². The number of piperidine rings is 1. The minimum absolute atomic E-state index is 0.0851. The molecule has 4 rings (SSSR count). The molecule has 0 aromatic heterocycles. The molecule has 32 heavy (non-hydrogen) atoms. The van der Waals surface area contributed by atoms with Gasteiger partial charge in [-0.15, -0.1) is 0 Å². The number of methoxy groups -OCH3 is 1. The van der Waals surface area contributed by atoms with E-state index >= 15 is 0 Å². The predicted octanol–water partition coefficient (Wildman–Crippen LogP) is 3.79. The number of likely N-dealkylation sites (tertiary alicyclic amines) is 1. The highest BCUT2D eigenvalue weighted by Gasteiger charge is 2.33. The maximum absolute atomic E-state index is 12.9. The Labute approximate surface area is 187 Å². The number of hydrogen-bond donors (Lipinski definition) is 1. The van der Waals surface area contributed by atoms with E-state index < -0.39 is 0 Å². The normalized spacial score (nSPS) is 17.8. The first-order valence-electron chi connectivity index (χ1n) is 10.8. The number of allylic oxidation sites excluding steroid dienone is 1. The van der Waals surface area contributed by atoms with Crippen LogP contribution in [-0.2, 0) is 16.1 Å². The van der Waals surface area contributed by atoms with Crippen molar-refractivity contribution in [3.8, 4) is 17.2 Å². The molecule has 0 aliphatic carbocycles. The number of Topliss-reactive ketones (excluding diaryl/α,β-unsaturated/α-hetero) is 1. The number of benzene rings is 2. The largest absolute Gasteiger partial charge is 0.507 e. The van der Waals surface area contributed by atoms with Crippen molar-refractivity contribution in [3.05, 3.63) is 58.8 Å². The first-order chi connectivity index (χ1) is 15.5. The third-order valence-electron chi connectivity index (χ3n) is 5.92. The molecule has 7 nitrogen and oxygen atoms in total. The van der Waals surface area contributed by atoms with Gasteiger partial charge in [-0.2, -0.15) is 0 Å². The van der Waals surface area contributed by atoms with E-state index in [0.717, 1.165) is 11.3 Å². The molecule has 1 fully saturated rings. The minimum atomic E-state index is -0.210. The molecule has 0 radical (unpaired) electrons. The van der Waals surface area contributed by atoms with Crippen molar-refractivity contribution in [1.82, 2.24) is 4.90 Å². The summed E-state index contributed by atoms with van der Waals surface area (Å²) in [6, 6.07) is 10.5. The van der Waals surface area contributed by atoms with Crippen molar-refractivity contribution in [2.75, 3.05) is 26.8 Å². The Kier molecular flexibility index (Phi) is 6.46. The molecule has 0 bridgehead atoms. The fraction of sp³-hybridized carbons (Fsp3) is 0.360. The van der Waals surface area contributed by atoms with Crippen molar-refractivity contribution < 1.29 is 28.9 Å². The van der Waals surface area contributed by atoms with Gasteiger partial charge in [0, 0.05) is 6.54 Å². The van der Waals surface area contributed by atoms with Crippen LogP contribution in [-0.4, -0.2) is 48.6 Å². The van der Waals surface area contributed by atoms with Crippen molar-refractivity contribution in [3.63, 3.8) is 0 Å². The molecular weight excluding hydrogens is 410 g/mol. The van der Waals surface area contributed by atoms with Crippen LogP contribution in [0.5, 0.6) is 17.2 Å². The van der Waals surface area contributed by atoms with Crippen LogP contribution in [0.25, 0.3) is 6.08 Å². The smallest absolute Gasteiger partial charge is 0.309 e. The molecule has 2 heterocycles. The van der Waals surface area contributed by atoms with Crippen LogP contribution in [0, 0.1) is 5.92 Å². The predicted molar refractivity (Wildman–Crippen MR) is 119 cm³/mol. The molecule has 2 aromatic rings. The van der Waals surface area contributed by atoms with E-state index in [1.54, 1.807) is 19.3 Å². The number of ketones is 1. The van der Waals surface area contributed by atoms with Gasteiger partial charge < -0.3 is 19.3 Å². The third-order valence-corrected chi connectivity index (χ3v) is 5.92. The summed E-state index contributed by atoms with van der Waals surface area (Å²) >= 11 is 0. The van der Waals surface area contributed by atoms with Crippen LogP contribution in [0.4, 0.5) is 0 Å². The maximum atomic E-state index is 12.9. The Balaban J connectivity index is 1.50. The summed E-state index contributed by atoms with van der Waals surface area (Å²) < 4.78 is 16.2. The zero-order chi connectivity index (χ0) is 22.7. The lowest BCUT2D eigenvalue weighted by molar-refractivity contribution is -0.149. The summed E-state index contributed by atoms with van der Waals surface area (Å²) in [6.45, 7) is 4.04. The van der Waals surface area contributed by atoms with E-state index in [9.17, 15) is 14.7 Å². The molecule has 2 aliphatic rings. The monoisotopic (exact) mass is 437 g/mol. The molecule has 0 spiro atoms. The van der Waals surface area contributed by atoms with Crippen molar-refractivity contribution in [2.45, 2.75) is 26.3 Å². The average Bonchev–Trinajstić information content (AvgIpc) is 3.12. The topological polar surface area (TPSA) is 85.3 Å². The highest BCUT2D eigenvalue weighted by atomic mass is 16.5. The van der Waals surface area contributed by atoms with Gasteiger partial charge in [-0.25, -0.2) is 0 Å². The van der Waals surface area contributed by atoms with E-state index in [0.29, 0.717) is 56.0 Å². The van der Waals surface area contributed by atoms with Crippen molar-refractivity contribution >= 4 is 17.8 Å². The quantitative estimate of drug-likeness (QED) is 0.544. The van der Waals surface area contributed by atoms with Crippen molar-refractivity contribution in [2.24, 2.45) is 5.92 Å². The number of hydrogen-bond acceptors (Lipinski definition) is 7. The Morgan fingerprint density at radius 1 is 1.19 bits per heavy atom. The van der Waals surface area contributed by atoms with Crippen molar-refractivity contribution in [1.29, 1.82) is 0 Å². The first-order valence-corrected chi connectivity index (χ1v) is 10.8. The van der Waals surface area contributed by atoms with Gasteiger partial charge in [0.1, 0.15) is 17.2 Å². The molecule has 168 valence electrons. The number of rotatable bonds is 6. The molecular formula is C25H27NO6. The number of nitrogens with zero attached hydrogens (tertiary/aromatic N) is 1. The molecule has 2 aromatic carbocycles. The van der Waals surface area contributed by atoms with E-state index in [1.165, 1.54) is 6.07 Å². The third kappa shape index (κ3) is 4.48. The summed E-state index contributed by atoms with van der Waals surface area (Å²) in [4.78, 5) is 27.0. The number of phenols is 1. The van der Waals surface area contributed by atoms with Crippen LogP contribution < -0.4 is 9.47 Å². The number of fused-ring (bicyclic) bond motifs is 1. The molecule has 7 heteroatoms. The molecule has 0 amide bonds. The highest BCUT2D eigenvalue weighted by molar-refractivity contribution is 6.15. The Morgan fingerprint density at radius 3 is 2.56 bits per heavy atom. The molecule has 1 saturated heterocycles. The summed E-state index contributed by atoms with van der Waals surface area (Å²) in [7, 11) is 1.60. The summed E-state index contributed by atoms with van der Waals surface area (Å²) in [6.07, 6.45) is 3.10. The second kappa shape index (κ2) is 9.44. The lowest BCUT2D eigenvalue weighted by Gasteiger charge is -2.31. The van der Waals surface area contributed by atoms with E-state index in [1.807, 2.05) is 31.2 Å². The number of aromatic hydroxyl groups is 1. The Morgan fingerprint density at radius 2 is 1.91 bits per heavy atom. The number of esters is 1. The summed E-state index contributed by atoms with van der Waals surface area (Å²) in [5.41, 5.74) is 1.84. The zero-order valence-corrected chi connectivity index (χ0v) is 18.3. The van der Waals surface area contributed by atoms with Gasteiger partial charge in [-0.3, -0.25) is 14.5 Å². The number of phenolic OH excluding ortho intramolecular Hbond substituents is 1. The molecule has 1 N–H and O–H groups in total. The first kappa shape index (κ1) is 21.9. The van der Waals surface area contributed by atoms with Gasteiger partial charge in [0.2, 0.25) is 5.78 Å². The standard InChI is InChI=1S/C25H27NO6/c1-3-31-25(29)17-10-12-26(13-11-17)15-20-21(27)9-8-19-23(28)22(32-24(19)20)14-16-4-6-18(30-2)7-5-16/h4-9,14,17,27H,3,10-13,15H2,1-2H3/b22-14+. The highest BCUT2D eigenvalue weighted by Crippen LogP contribution is 2.40. The average molecular weight is 437 g/mol. The molecule has 0 unspecified atom stereocenters. The second-order valence-corrected chi connectivity index (χ2v) is 7.96. The number of carbonyl (C=O) groups excluding carboxylic acids is 2. The van der Waals surface area contributed by atoms with Crippen LogP contribution in [0.3, 0.4) is 0 Å². The summed E-state index contributed by atoms with van der Waals surface area (Å²) in [5.74, 6) is 1.01. The fourth-order valence-electron chi connectivity index (χ4n) is 4.11. The molecule has 2 aliphatic heterocycles. The zero-order valence-electron chi connectivity index (χ0n) is 18.3. The lowest BCUT2D eigenvalue weighted by atomic mass is 9.96. The number of ether oxygens (including phenoxy) is 3. The van der Waals surface area contributed by atoms with Crippen LogP contribution in [0.2, 0.25) is 0 Å². The summed E-state index contributed by atoms with van der Waals surface area (Å²) in [5, 5.41) is 10.5. The maximum Gasteiger partial charge on any atom is 0.309 e. The van der Waals surface area contributed by atoms with Gasteiger partial charge in [-0.1, -0.05) is 12.1 Å². The van der Waals surface area contributed by atoms with Gasteiger partial charge in [-0.05, 0) is 68.8 Å². The van der Waals surface area contributed by atoms with Gasteiger partial charge >= 0.3 is 5.97 Å². The van der Waals surface area contributed by atoms with Gasteiger partial charge in [0.25, 0.3) is 0 Å². The Hall–Kier alpha value is -3.32. The van der Waals surface area contributed by atoms with E-state index in [4.69, 9.17) is 14.2 Å². The van der Waals surface area contributed by atoms with E-state index in [-0.39, 0.29) is 29.2 Å². The van der Waals surface area contributed by atoms with Gasteiger partial charge in [0.05, 0.1) is 30.8 Å².